The molecule has 5 heteroatoms. The van der Waals surface area contributed by atoms with Gasteiger partial charge in [-0.3, -0.25) is 0 Å². The summed E-state index contributed by atoms with van der Waals surface area (Å²) in [4.78, 5) is 11.0. The average molecular weight is 264 g/mol. The Hall–Kier alpha value is -1.36. The van der Waals surface area contributed by atoms with Crippen molar-refractivity contribution in [3.05, 3.63) is 11.8 Å². The first-order valence-corrected chi connectivity index (χ1v) is 7.12. The molecule has 1 heterocycles. The first-order chi connectivity index (χ1) is 9.19. The lowest BCUT2D eigenvalue weighted by Crippen LogP contribution is -2.31. The molecule has 0 atom stereocenters. The SMILES string of the molecule is CCCOc1cc(C)nc(N(C)CCNC2CC2)n1. The second kappa shape index (κ2) is 6.70. The van der Waals surface area contributed by atoms with Crippen molar-refractivity contribution in [1.82, 2.24) is 15.3 Å². The number of likely N-dealkylation sites (N-methyl/N-ethyl adjacent to an activating group) is 1. The molecule has 1 aromatic heterocycles. The molecular formula is C14H24N4O. The topological polar surface area (TPSA) is 50.3 Å². The normalized spacial score (nSPS) is 14.5. The molecule has 0 bridgehead atoms. The maximum Gasteiger partial charge on any atom is 0.228 e. The van der Waals surface area contributed by atoms with Gasteiger partial charge in [0.25, 0.3) is 0 Å². The molecule has 0 unspecified atom stereocenters. The van der Waals surface area contributed by atoms with Gasteiger partial charge in [0, 0.05) is 37.9 Å². The molecule has 1 aliphatic rings. The van der Waals surface area contributed by atoms with Gasteiger partial charge in [-0.1, -0.05) is 6.92 Å². The van der Waals surface area contributed by atoms with Gasteiger partial charge in [0.05, 0.1) is 6.61 Å². The average Bonchev–Trinajstić information content (AvgIpc) is 3.19. The second-order valence-electron chi connectivity index (χ2n) is 5.15. The van der Waals surface area contributed by atoms with Gasteiger partial charge in [0.1, 0.15) is 0 Å². The summed E-state index contributed by atoms with van der Waals surface area (Å²) in [6, 6.07) is 2.63. The van der Waals surface area contributed by atoms with E-state index in [4.69, 9.17) is 4.74 Å². The summed E-state index contributed by atoms with van der Waals surface area (Å²) in [5, 5.41) is 3.49. The monoisotopic (exact) mass is 264 g/mol. The Morgan fingerprint density at radius 1 is 1.42 bits per heavy atom. The Balaban J connectivity index is 1.90. The van der Waals surface area contributed by atoms with Gasteiger partial charge in [-0.05, 0) is 26.2 Å². The summed E-state index contributed by atoms with van der Waals surface area (Å²) in [6.45, 7) is 6.64. The smallest absolute Gasteiger partial charge is 0.228 e. The molecule has 0 radical (unpaired) electrons. The molecule has 1 aliphatic carbocycles. The standard InChI is InChI=1S/C14H24N4O/c1-4-9-19-13-10-11(2)16-14(17-13)18(3)8-7-15-12-5-6-12/h10,12,15H,4-9H2,1-3H3. The number of hydrogen-bond acceptors (Lipinski definition) is 5. The Kier molecular flexibility index (Phi) is 4.96. The molecule has 0 aromatic carbocycles. The van der Waals surface area contributed by atoms with Crippen molar-refractivity contribution in [3.63, 3.8) is 0 Å². The molecule has 1 saturated carbocycles. The predicted octanol–water partition coefficient (Wildman–Crippen LogP) is 1.76. The zero-order valence-corrected chi connectivity index (χ0v) is 12.1. The highest BCUT2D eigenvalue weighted by Crippen LogP contribution is 2.18. The Labute approximate surface area is 115 Å². The first-order valence-electron chi connectivity index (χ1n) is 7.12. The summed E-state index contributed by atoms with van der Waals surface area (Å²) in [7, 11) is 2.02. The van der Waals surface area contributed by atoms with Crippen LogP contribution in [0.4, 0.5) is 5.95 Å². The minimum atomic E-state index is 0.673. The Morgan fingerprint density at radius 2 is 2.21 bits per heavy atom. The van der Waals surface area contributed by atoms with Crippen LogP contribution < -0.4 is 15.0 Å². The van der Waals surface area contributed by atoms with Crippen molar-refractivity contribution >= 4 is 5.95 Å². The van der Waals surface area contributed by atoms with Crippen LogP contribution >= 0.6 is 0 Å². The highest BCUT2D eigenvalue weighted by Gasteiger charge is 2.20. The minimum absolute atomic E-state index is 0.673. The van der Waals surface area contributed by atoms with Crippen LogP contribution in [-0.4, -0.2) is 42.8 Å². The second-order valence-corrected chi connectivity index (χ2v) is 5.15. The van der Waals surface area contributed by atoms with Crippen LogP contribution in [0.3, 0.4) is 0 Å². The summed E-state index contributed by atoms with van der Waals surface area (Å²) in [5.74, 6) is 1.41. The van der Waals surface area contributed by atoms with E-state index in [1.807, 2.05) is 20.0 Å². The number of nitrogens with zero attached hydrogens (tertiary/aromatic N) is 3. The van der Waals surface area contributed by atoms with Crippen molar-refractivity contribution in [2.75, 3.05) is 31.6 Å². The van der Waals surface area contributed by atoms with Gasteiger partial charge in [-0.2, -0.15) is 4.98 Å². The lowest BCUT2D eigenvalue weighted by atomic mass is 10.4. The zero-order chi connectivity index (χ0) is 13.7. The molecule has 1 N–H and O–H groups in total. The van der Waals surface area contributed by atoms with E-state index in [1.54, 1.807) is 0 Å². The van der Waals surface area contributed by atoms with Gasteiger partial charge in [-0.15, -0.1) is 0 Å². The lowest BCUT2D eigenvalue weighted by Gasteiger charge is -2.18. The van der Waals surface area contributed by atoms with Gasteiger partial charge in [0.15, 0.2) is 0 Å². The fourth-order valence-corrected chi connectivity index (χ4v) is 1.80. The highest BCUT2D eigenvalue weighted by molar-refractivity contribution is 5.33. The molecule has 0 amide bonds. The predicted molar refractivity (Wildman–Crippen MR) is 76.8 cm³/mol. The van der Waals surface area contributed by atoms with Crippen LogP contribution in [0.15, 0.2) is 6.07 Å². The molecule has 0 aliphatic heterocycles. The highest BCUT2D eigenvalue weighted by atomic mass is 16.5. The van der Waals surface area contributed by atoms with Crippen molar-refractivity contribution in [2.24, 2.45) is 0 Å². The van der Waals surface area contributed by atoms with Crippen LogP contribution in [0.5, 0.6) is 5.88 Å². The number of aromatic nitrogens is 2. The molecule has 19 heavy (non-hydrogen) atoms. The lowest BCUT2D eigenvalue weighted by molar-refractivity contribution is 0.304. The number of ether oxygens (including phenoxy) is 1. The molecular weight excluding hydrogens is 240 g/mol. The summed E-state index contributed by atoms with van der Waals surface area (Å²) in [5.41, 5.74) is 0.943. The largest absolute Gasteiger partial charge is 0.478 e. The van der Waals surface area contributed by atoms with Crippen LogP contribution in [-0.2, 0) is 0 Å². The fourth-order valence-electron chi connectivity index (χ4n) is 1.80. The summed E-state index contributed by atoms with van der Waals surface area (Å²) < 4.78 is 5.59. The molecule has 0 spiro atoms. The van der Waals surface area contributed by atoms with E-state index in [9.17, 15) is 0 Å². The van der Waals surface area contributed by atoms with E-state index in [0.717, 1.165) is 37.2 Å². The number of nitrogens with one attached hydrogen (secondary N) is 1. The molecule has 1 fully saturated rings. The van der Waals surface area contributed by atoms with E-state index in [1.165, 1.54) is 12.8 Å². The van der Waals surface area contributed by atoms with Crippen LogP contribution in [0.1, 0.15) is 31.9 Å². The minimum Gasteiger partial charge on any atom is -0.478 e. The van der Waals surface area contributed by atoms with Crippen molar-refractivity contribution in [1.29, 1.82) is 0 Å². The maximum absolute atomic E-state index is 5.59. The van der Waals surface area contributed by atoms with E-state index in [0.29, 0.717) is 12.5 Å². The van der Waals surface area contributed by atoms with Crippen LogP contribution in [0.25, 0.3) is 0 Å². The van der Waals surface area contributed by atoms with E-state index in [-0.39, 0.29) is 0 Å². The number of rotatable bonds is 8. The fraction of sp³-hybridized carbons (Fsp3) is 0.714. The van der Waals surface area contributed by atoms with Gasteiger partial charge < -0.3 is 15.0 Å². The molecule has 1 aromatic rings. The number of hydrogen-bond donors (Lipinski definition) is 1. The third-order valence-electron chi connectivity index (χ3n) is 3.07. The summed E-state index contributed by atoms with van der Waals surface area (Å²) >= 11 is 0. The summed E-state index contributed by atoms with van der Waals surface area (Å²) in [6.07, 6.45) is 3.62. The van der Waals surface area contributed by atoms with Crippen LogP contribution in [0.2, 0.25) is 0 Å². The van der Waals surface area contributed by atoms with Crippen molar-refractivity contribution in [2.45, 2.75) is 39.2 Å². The van der Waals surface area contributed by atoms with Crippen molar-refractivity contribution < 1.29 is 4.74 Å². The first kappa shape index (κ1) is 14.1. The van der Waals surface area contributed by atoms with E-state index < -0.39 is 0 Å². The number of anilines is 1. The van der Waals surface area contributed by atoms with Gasteiger partial charge in [0.2, 0.25) is 11.8 Å². The number of aryl methyl sites for hydroxylation is 1. The quantitative estimate of drug-likeness (QED) is 0.775. The van der Waals surface area contributed by atoms with Crippen LogP contribution in [0, 0.1) is 6.92 Å². The molecule has 106 valence electrons. The van der Waals surface area contributed by atoms with Gasteiger partial charge >= 0.3 is 0 Å². The van der Waals surface area contributed by atoms with E-state index >= 15 is 0 Å². The van der Waals surface area contributed by atoms with Gasteiger partial charge in [-0.25, -0.2) is 4.98 Å². The molecule has 0 saturated heterocycles. The van der Waals surface area contributed by atoms with E-state index in [2.05, 4.69) is 27.1 Å². The third kappa shape index (κ3) is 4.67. The third-order valence-corrected chi connectivity index (χ3v) is 3.07. The molecule has 5 nitrogen and oxygen atoms in total. The molecule has 2 rings (SSSR count). The zero-order valence-electron chi connectivity index (χ0n) is 12.1. The Bertz CT molecular complexity index is 406. The maximum atomic E-state index is 5.59. The Morgan fingerprint density at radius 3 is 2.89 bits per heavy atom. The van der Waals surface area contributed by atoms with Crippen molar-refractivity contribution in [3.8, 4) is 5.88 Å².